The van der Waals surface area contributed by atoms with Gasteiger partial charge in [0.05, 0.1) is 12.7 Å². The molecule has 0 fully saturated rings. The third-order valence-electron chi connectivity index (χ3n) is 2.40. The molecule has 1 aromatic heterocycles. The number of methoxy groups -OCH3 is 1. The molecule has 0 aliphatic heterocycles. The highest BCUT2D eigenvalue weighted by atomic mass is 16.5. The molecule has 0 amide bonds. The minimum atomic E-state index is -1.03. The molecule has 0 saturated carbocycles. The topological polar surface area (TPSA) is 76.7 Å². The van der Waals surface area contributed by atoms with Crippen LogP contribution >= 0.6 is 0 Å². The predicted molar refractivity (Wildman–Crippen MR) is 61.4 cm³/mol. The maximum atomic E-state index is 11.4. The second kappa shape index (κ2) is 5.34. The van der Waals surface area contributed by atoms with Crippen LogP contribution in [0.15, 0.2) is 26.9 Å². The molecule has 1 rings (SSSR count). The van der Waals surface area contributed by atoms with E-state index < -0.39 is 11.6 Å². The zero-order valence-electron chi connectivity index (χ0n) is 9.94. The predicted octanol–water partition coefficient (Wildman–Crippen LogP) is 1.53. The lowest BCUT2D eigenvalue weighted by molar-refractivity contribution is -0.132. The van der Waals surface area contributed by atoms with Gasteiger partial charge in [0, 0.05) is 18.1 Å². The highest BCUT2D eigenvalue weighted by Crippen LogP contribution is 2.17. The Balaban J connectivity index is 3.13. The Hall–Kier alpha value is -2.04. The van der Waals surface area contributed by atoms with Crippen molar-refractivity contribution in [2.75, 3.05) is 7.11 Å². The first-order chi connectivity index (χ1) is 7.99. The molecule has 5 heteroatoms. The lowest BCUT2D eigenvalue weighted by Crippen LogP contribution is -2.10. The van der Waals surface area contributed by atoms with E-state index in [1.54, 1.807) is 13.8 Å². The van der Waals surface area contributed by atoms with E-state index in [0.29, 0.717) is 11.3 Å². The van der Waals surface area contributed by atoms with Crippen molar-refractivity contribution < 1.29 is 19.1 Å². The fourth-order valence-electron chi connectivity index (χ4n) is 1.37. The highest BCUT2D eigenvalue weighted by molar-refractivity contribution is 5.86. The first-order valence-electron chi connectivity index (χ1n) is 5.05. The molecule has 0 aliphatic carbocycles. The Morgan fingerprint density at radius 3 is 2.71 bits per heavy atom. The van der Waals surface area contributed by atoms with Crippen LogP contribution in [0.25, 0.3) is 0 Å². The Morgan fingerprint density at radius 2 is 2.24 bits per heavy atom. The van der Waals surface area contributed by atoms with Crippen molar-refractivity contribution in [1.29, 1.82) is 0 Å². The molecular weight excluding hydrogens is 224 g/mol. The molecule has 17 heavy (non-hydrogen) atoms. The van der Waals surface area contributed by atoms with Gasteiger partial charge in [0.1, 0.15) is 11.5 Å². The molecule has 0 saturated heterocycles. The summed E-state index contributed by atoms with van der Waals surface area (Å²) in [6.45, 7) is 3.20. The van der Waals surface area contributed by atoms with Crippen LogP contribution in [0, 0.1) is 6.92 Å². The van der Waals surface area contributed by atoms with Crippen LogP contribution < -0.4 is 10.4 Å². The molecule has 0 bridgehead atoms. The maximum Gasteiger partial charge on any atom is 0.342 e. The third-order valence-corrected chi connectivity index (χ3v) is 2.40. The number of allylic oxidation sites excluding steroid dienone is 1. The van der Waals surface area contributed by atoms with Gasteiger partial charge in [-0.25, -0.2) is 9.59 Å². The highest BCUT2D eigenvalue weighted by Gasteiger charge is 2.12. The molecular formula is C12H14O5. The summed E-state index contributed by atoms with van der Waals surface area (Å²) in [6.07, 6.45) is 1.52. The van der Waals surface area contributed by atoms with E-state index in [1.165, 1.54) is 19.3 Å². The Kier molecular flexibility index (Phi) is 4.09. The van der Waals surface area contributed by atoms with Gasteiger partial charge in [-0.15, -0.1) is 0 Å². The van der Waals surface area contributed by atoms with Gasteiger partial charge >= 0.3 is 11.6 Å². The van der Waals surface area contributed by atoms with Crippen molar-refractivity contribution in [3.05, 3.63) is 39.5 Å². The number of carboxylic acids is 1. The van der Waals surface area contributed by atoms with E-state index in [2.05, 4.69) is 0 Å². The van der Waals surface area contributed by atoms with Crippen molar-refractivity contribution >= 4 is 5.97 Å². The van der Waals surface area contributed by atoms with E-state index >= 15 is 0 Å². The van der Waals surface area contributed by atoms with E-state index in [1.807, 2.05) is 0 Å². The molecule has 1 aromatic rings. The molecule has 0 unspecified atom stereocenters. The first kappa shape index (κ1) is 13.0. The molecule has 92 valence electrons. The van der Waals surface area contributed by atoms with Crippen molar-refractivity contribution in [1.82, 2.24) is 0 Å². The van der Waals surface area contributed by atoms with Gasteiger partial charge in [-0.1, -0.05) is 6.08 Å². The normalized spacial score (nSPS) is 11.4. The van der Waals surface area contributed by atoms with Crippen LogP contribution in [-0.2, 0) is 11.2 Å². The van der Waals surface area contributed by atoms with Gasteiger partial charge in [0.15, 0.2) is 0 Å². The van der Waals surface area contributed by atoms with Gasteiger partial charge in [-0.3, -0.25) is 0 Å². The average molecular weight is 238 g/mol. The zero-order chi connectivity index (χ0) is 13.0. The van der Waals surface area contributed by atoms with E-state index in [9.17, 15) is 9.59 Å². The summed E-state index contributed by atoms with van der Waals surface area (Å²) >= 11 is 0. The van der Waals surface area contributed by atoms with E-state index in [4.69, 9.17) is 14.3 Å². The Morgan fingerprint density at radius 1 is 1.59 bits per heavy atom. The summed E-state index contributed by atoms with van der Waals surface area (Å²) in [5.41, 5.74) is 0.0212. The van der Waals surface area contributed by atoms with Crippen molar-refractivity contribution in [3.8, 4) is 5.75 Å². The molecule has 0 radical (unpaired) electrons. The van der Waals surface area contributed by atoms with Crippen molar-refractivity contribution in [3.63, 3.8) is 0 Å². The van der Waals surface area contributed by atoms with Gasteiger partial charge in [0.2, 0.25) is 0 Å². The van der Waals surface area contributed by atoms with Crippen LogP contribution in [0.5, 0.6) is 5.75 Å². The largest absolute Gasteiger partial charge is 0.496 e. The number of aliphatic carboxylic acids is 1. The number of rotatable bonds is 4. The monoisotopic (exact) mass is 238 g/mol. The maximum absolute atomic E-state index is 11.4. The van der Waals surface area contributed by atoms with Gasteiger partial charge < -0.3 is 14.3 Å². The second-order valence-electron chi connectivity index (χ2n) is 3.49. The van der Waals surface area contributed by atoms with Crippen molar-refractivity contribution in [2.45, 2.75) is 20.3 Å². The molecule has 1 heterocycles. The second-order valence-corrected chi connectivity index (χ2v) is 3.49. The van der Waals surface area contributed by atoms with Crippen LogP contribution in [0.2, 0.25) is 0 Å². The fourth-order valence-corrected chi connectivity index (χ4v) is 1.37. The lowest BCUT2D eigenvalue weighted by atomic mass is 10.1. The van der Waals surface area contributed by atoms with Crippen LogP contribution in [-0.4, -0.2) is 18.2 Å². The molecule has 0 spiro atoms. The molecule has 0 aliphatic rings. The van der Waals surface area contributed by atoms with Crippen LogP contribution in [0.4, 0.5) is 0 Å². The minimum Gasteiger partial charge on any atom is -0.496 e. The summed E-state index contributed by atoms with van der Waals surface area (Å²) in [5.74, 6) is -0.361. The summed E-state index contributed by atoms with van der Waals surface area (Å²) in [6, 6.07) is 1.53. The number of hydrogen-bond acceptors (Lipinski definition) is 4. The molecule has 5 nitrogen and oxygen atoms in total. The average Bonchev–Trinajstić information content (AvgIpc) is 2.29. The van der Waals surface area contributed by atoms with E-state index in [0.717, 1.165) is 0 Å². The Labute approximate surface area is 98.3 Å². The molecule has 1 N–H and O–H groups in total. The SMILES string of the molecule is C/C=C(/Cc1cc(OC)c(C)c(=O)o1)C(=O)O. The first-order valence-corrected chi connectivity index (χ1v) is 5.05. The Bertz CT molecular complexity index is 510. The summed E-state index contributed by atoms with van der Waals surface area (Å²) in [7, 11) is 1.44. The minimum absolute atomic E-state index is 0.0533. The van der Waals surface area contributed by atoms with E-state index in [-0.39, 0.29) is 17.8 Å². The summed E-state index contributed by atoms with van der Waals surface area (Å²) in [5, 5.41) is 8.87. The molecule has 0 atom stereocenters. The lowest BCUT2D eigenvalue weighted by Gasteiger charge is -2.06. The smallest absolute Gasteiger partial charge is 0.342 e. The van der Waals surface area contributed by atoms with Gasteiger partial charge in [0.25, 0.3) is 0 Å². The summed E-state index contributed by atoms with van der Waals surface area (Å²) in [4.78, 5) is 22.3. The standard InChI is InChI=1S/C12H14O5/c1-4-8(11(13)14)5-9-6-10(16-3)7(2)12(15)17-9/h4,6H,5H2,1-3H3,(H,13,14)/b8-4-. The fraction of sp³-hybridized carbons (Fsp3) is 0.333. The number of hydrogen-bond donors (Lipinski definition) is 1. The van der Waals surface area contributed by atoms with Crippen LogP contribution in [0.1, 0.15) is 18.2 Å². The third kappa shape index (κ3) is 2.96. The molecule has 0 aromatic carbocycles. The van der Waals surface area contributed by atoms with Gasteiger partial charge in [-0.05, 0) is 13.8 Å². The van der Waals surface area contributed by atoms with Crippen LogP contribution in [0.3, 0.4) is 0 Å². The quantitative estimate of drug-likeness (QED) is 0.805. The van der Waals surface area contributed by atoms with Crippen molar-refractivity contribution in [2.24, 2.45) is 0 Å². The zero-order valence-corrected chi connectivity index (χ0v) is 9.94. The number of carbonyl (C=O) groups is 1. The number of ether oxygens (including phenoxy) is 1. The van der Waals surface area contributed by atoms with Gasteiger partial charge in [-0.2, -0.15) is 0 Å². The number of carboxylic acid groups (broad SMARTS) is 1. The summed E-state index contributed by atoms with van der Waals surface area (Å²) < 4.78 is 10.0.